The number of cyclic esters (lactones) is 1. The highest BCUT2D eigenvalue weighted by molar-refractivity contribution is 5.93. The van der Waals surface area contributed by atoms with Crippen molar-refractivity contribution >= 4 is 28.5 Å². The van der Waals surface area contributed by atoms with Crippen LogP contribution in [-0.4, -0.2) is 84.7 Å². The molecule has 54 heavy (non-hydrogen) atoms. The number of ether oxygens (including phenoxy) is 5. The van der Waals surface area contributed by atoms with Gasteiger partial charge in [-0.2, -0.15) is 0 Å². The summed E-state index contributed by atoms with van der Waals surface area (Å²) < 4.78 is 28.5. The highest BCUT2D eigenvalue weighted by Gasteiger charge is 2.49. The molecule has 8 rings (SSSR count). The normalized spacial score (nSPS) is 25.3. The van der Waals surface area contributed by atoms with Crippen LogP contribution in [0.2, 0.25) is 0 Å². The Labute approximate surface area is 305 Å². The second kappa shape index (κ2) is 13.1. The van der Waals surface area contributed by atoms with Crippen molar-refractivity contribution in [3.8, 4) is 22.9 Å². The summed E-state index contributed by atoms with van der Waals surface area (Å²) >= 11 is 0. The van der Waals surface area contributed by atoms with Gasteiger partial charge >= 0.3 is 17.6 Å². The smallest absolute Gasteiger partial charge is 0.343 e. The summed E-state index contributed by atoms with van der Waals surface area (Å²) in [7, 11) is 1.04. The van der Waals surface area contributed by atoms with Gasteiger partial charge in [-0.3, -0.25) is 14.9 Å². The number of nitro benzene ring substituents is 1. The first-order valence-electron chi connectivity index (χ1n) is 17.3. The van der Waals surface area contributed by atoms with E-state index >= 15 is 0 Å². The SMILES string of the molecule is CC[C@@]1(O)C(=O)OCc2c1cc1n(c2=O)Cc2c-1nc1ccc(OCc3ccc(O[C@@H]4OC(C(=O)OC)[C@@H](O)C(O)[C@@H]4O)c([N+](=O)[O-])c3)c3c1c2CCC3. The van der Waals surface area contributed by atoms with Gasteiger partial charge in [-0.05, 0) is 61.1 Å². The van der Waals surface area contributed by atoms with E-state index in [2.05, 4.69) is 4.74 Å². The summed E-state index contributed by atoms with van der Waals surface area (Å²) in [5.74, 6) is -1.60. The fourth-order valence-electron chi connectivity index (χ4n) is 7.86. The maximum Gasteiger partial charge on any atom is 0.343 e. The standard InChI is InChI=1S/C37H35N3O14/c1-3-37(47)21-12-24-28-19(13-39(24)33(44)20(21)15-52-36(37)46)17-5-4-6-18-25(10-8-22(38-28)27(17)18)51-14-16-7-9-26(23(11-16)40(48)49)53-35-31(43)29(41)30(42)32(54-35)34(45)50-2/h7-12,29-32,35,41-43,47H,3-6,13-15H2,1-2H3/t29?,30-,31-,32?,35+,37-/m0/s1. The number of nitro groups is 1. The van der Waals surface area contributed by atoms with E-state index in [9.17, 15) is 44.9 Å². The average Bonchev–Trinajstić information content (AvgIpc) is 3.55. The summed E-state index contributed by atoms with van der Waals surface area (Å²) in [5.41, 5.74) is 2.76. The number of esters is 2. The second-order valence-electron chi connectivity index (χ2n) is 13.7. The van der Waals surface area contributed by atoms with Gasteiger partial charge in [0.2, 0.25) is 6.29 Å². The summed E-state index contributed by atoms with van der Waals surface area (Å²) in [4.78, 5) is 54.7. The molecule has 0 spiro atoms. The Morgan fingerprint density at radius 3 is 2.54 bits per heavy atom. The quantitative estimate of drug-likeness (QED) is 0.0998. The number of aromatic nitrogens is 2. The third kappa shape index (κ3) is 5.41. The summed E-state index contributed by atoms with van der Waals surface area (Å²) in [6.45, 7) is 1.63. The molecule has 0 bridgehead atoms. The van der Waals surface area contributed by atoms with Gasteiger partial charge in [-0.1, -0.05) is 13.0 Å². The molecule has 1 fully saturated rings. The number of nitrogens with zero attached hydrogens (tertiary/aromatic N) is 3. The molecule has 4 N–H and O–H groups in total. The van der Waals surface area contributed by atoms with Gasteiger partial charge in [-0.25, -0.2) is 14.6 Å². The van der Waals surface area contributed by atoms with E-state index in [1.165, 1.54) is 18.2 Å². The van der Waals surface area contributed by atoms with Crippen LogP contribution in [0.15, 0.2) is 41.2 Å². The summed E-state index contributed by atoms with van der Waals surface area (Å²) in [5, 5.41) is 55.1. The van der Waals surface area contributed by atoms with Crippen LogP contribution >= 0.6 is 0 Å². The number of hydrogen-bond acceptors (Lipinski definition) is 15. The Bertz CT molecular complexity index is 2320. The lowest BCUT2D eigenvalue weighted by atomic mass is 9.85. The number of aryl methyl sites for hydroxylation is 2. The lowest BCUT2D eigenvalue weighted by Crippen LogP contribution is -2.61. The zero-order chi connectivity index (χ0) is 38.2. The maximum absolute atomic E-state index is 13.7. The molecule has 5 heterocycles. The Morgan fingerprint density at radius 2 is 1.80 bits per heavy atom. The fraction of sp³-hybridized carbons (Fsp3) is 0.405. The highest BCUT2D eigenvalue weighted by Crippen LogP contribution is 2.44. The second-order valence-corrected chi connectivity index (χ2v) is 13.7. The number of hydrogen-bond donors (Lipinski definition) is 4. The number of aliphatic hydroxyl groups is 4. The van der Waals surface area contributed by atoms with Crippen LogP contribution in [0.1, 0.15) is 53.1 Å². The zero-order valence-corrected chi connectivity index (χ0v) is 29.0. The number of methoxy groups -OCH3 is 1. The van der Waals surface area contributed by atoms with Gasteiger partial charge in [0.1, 0.15) is 37.3 Å². The van der Waals surface area contributed by atoms with Crippen molar-refractivity contribution in [3.63, 3.8) is 0 Å². The molecule has 0 saturated carbocycles. The molecule has 6 atom stereocenters. The largest absolute Gasteiger partial charge is 0.489 e. The van der Waals surface area contributed by atoms with Gasteiger partial charge < -0.3 is 48.7 Å². The molecule has 1 saturated heterocycles. The number of aliphatic hydroxyl groups excluding tert-OH is 3. The van der Waals surface area contributed by atoms with Gasteiger partial charge in [0.15, 0.2) is 17.5 Å². The monoisotopic (exact) mass is 745 g/mol. The van der Waals surface area contributed by atoms with E-state index in [1.54, 1.807) is 23.6 Å². The lowest BCUT2D eigenvalue weighted by molar-refractivity contribution is -0.387. The number of pyridine rings is 2. The third-order valence-electron chi connectivity index (χ3n) is 10.7. The molecule has 1 aliphatic carbocycles. The molecule has 17 heteroatoms. The molecule has 0 radical (unpaired) electrons. The average molecular weight is 746 g/mol. The highest BCUT2D eigenvalue weighted by atomic mass is 16.7. The fourth-order valence-corrected chi connectivity index (χ4v) is 7.86. The Kier molecular flexibility index (Phi) is 8.65. The van der Waals surface area contributed by atoms with Crippen LogP contribution in [0.5, 0.6) is 11.5 Å². The Balaban J connectivity index is 1.08. The van der Waals surface area contributed by atoms with E-state index in [0.29, 0.717) is 34.6 Å². The minimum absolute atomic E-state index is 0.0393. The topological polar surface area (TPSA) is 239 Å². The zero-order valence-electron chi connectivity index (χ0n) is 29.0. The van der Waals surface area contributed by atoms with Crippen molar-refractivity contribution in [2.75, 3.05) is 7.11 Å². The lowest BCUT2D eigenvalue weighted by Gasteiger charge is -2.38. The molecule has 2 unspecified atom stereocenters. The number of carbonyl (C=O) groups is 2. The minimum atomic E-state index is -1.93. The predicted octanol–water partition coefficient (Wildman–Crippen LogP) is 1.41. The van der Waals surface area contributed by atoms with Crippen molar-refractivity contribution in [1.82, 2.24) is 9.55 Å². The van der Waals surface area contributed by atoms with Gasteiger partial charge in [0.25, 0.3) is 5.56 Å². The molecule has 2 aromatic heterocycles. The first-order chi connectivity index (χ1) is 25.9. The van der Waals surface area contributed by atoms with Crippen molar-refractivity contribution in [2.45, 2.75) is 88.7 Å². The molecule has 3 aliphatic heterocycles. The summed E-state index contributed by atoms with van der Waals surface area (Å²) in [6, 6.07) is 9.29. The van der Waals surface area contributed by atoms with E-state index in [1.807, 2.05) is 6.07 Å². The minimum Gasteiger partial charge on any atom is -0.489 e. The van der Waals surface area contributed by atoms with Crippen LogP contribution in [0.4, 0.5) is 5.69 Å². The van der Waals surface area contributed by atoms with E-state index < -0.39 is 58.9 Å². The van der Waals surface area contributed by atoms with Gasteiger partial charge in [-0.15, -0.1) is 0 Å². The molecular weight excluding hydrogens is 710 g/mol. The van der Waals surface area contributed by atoms with Gasteiger partial charge in [0.05, 0.1) is 41.0 Å². The van der Waals surface area contributed by atoms with E-state index in [-0.39, 0.29) is 48.6 Å². The van der Waals surface area contributed by atoms with Crippen molar-refractivity contribution in [1.29, 1.82) is 0 Å². The van der Waals surface area contributed by atoms with Crippen LogP contribution in [0.25, 0.3) is 22.3 Å². The Morgan fingerprint density at radius 1 is 1.04 bits per heavy atom. The Hall–Kier alpha value is -5.46. The van der Waals surface area contributed by atoms with Crippen LogP contribution in [0.3, 0.4) is 0 Å². The number of benzene rings is 2. The first-order valence-corrected chi connectivity index (χ1v) is 17.3. The molecule has 4 aromatic rings. The van der Waals surface area contributed by atoms with Crippen LogP contribution in [0, 0.1) is 10.1 Å². The third-order valence-corrected chi connectivity index (χ3v) is 10.7. The molecule has 4 aliphatic rings. The van der Waals surface area contributed by atoms with Crippen LogP contribution < -0.4 is 15.0 Å². The molecular formula is C37H35N3O14. The van der Waals surface area contributed by atoms with E-state index in [4.69, 9.17) is 23.9 Å². The van der Waals surface area contributed by atoms with Crippen molar-refractivity contribution in [3.05, 3.63) is 90.2 Å². The number of carbonyl (C=O) groups excluding carboxylic acids is 2. The van der Waals surface area contributed by atoms with Gasteiger partial charge in [0, 0.05) is 28.1 Å². The van der Waals surface area contributed by atoms with Crippen LogP contribution in [-0.2, 0) is 62.0 Å². The van der Waals surface area contributed by atoms with Crippen molar-refractivity contribution in [2.24, 2.45) is 0 Å². The molecule has 17 nitrogen and oxygen atoms in total. The van der Waals surface area contributed by atoms with Crippen molar-refractivity contribution < 1.29 is 58.6 Å². The maximum atomic E-state index is 13.7. The number of rotatable bonds is 8. The number of fused-ring (bicyclic) bond motifs is 5. The molecule has 0 amide bonds. The molecule has 2 aromatic carbocycles. The summed E-state index contributed by atoms with van der Waals surface area (Å²) in [6.07, 6.45) is -6.78. The molecule has 282 valence electrons. The van der Waals surface area contributed by atoms with E-state index in [0.717, 1.165) is 42.0 Å². The predicted molar refractivity (Wildman–Crippen MR) is 183 cm³/mol. The first kappa shape index (κ1) is 35.6.